The normalized spacial score (nSPS) is 10.8. The van der Waals surface area contributed by atoms with Crippen molar-refractivity contribution in [2.75, 3.05) is 6.54 Å². The van der Waals surface area contributed by atoms with Crippen molar-refractivity contribution in [1.29, 1.82) is 0 Å². The first-order valence-electron chi connectivity index (χ1n) is 4.66. The number of aromatic nitrogens is 2. The Morgan fingerprint density at radius 3 is 2.46 bits per heavy atom. The molecule has 1 aromatic rings. The molecule has 1 heterocycles. The van der Waals surface area contributed by atoms with Gasteiger partial charge in [-0.1, -0.05) is 13.8 Å². The summed E-state index contributed by atoms with van der Waals surface area (Å²) < 4.78 is 0. The van der Waals surface area contributed by atoms with Gasteiger partial charge in [-0.15, -0.1) is 0 Å². The highest BCUT2D eigenvalue weighted by Crippen LogP contribution is 1.95. The summed E-state index contributed by atoms with van der Waals surface area (Å²) in [7, 11) is 0. The van der Waals surface area contributed by atoms with Gasteiger partial charge < -0.3 is 5.32 Å². The van der Waals surface area contributed by atoms with Crippen LogP contribution in [0.2, 0.25) is 0 Å². The van der Waals surface area contributed by atoms with Crippen molar-refractivity contribution in [1.82, 2.24) is 15.3 Å². The molecule has 0 unspecified atom stereocenters. The third-order valence-corrected chi connectivity index (χ3v) is 1.72. The summed E-state index contributed by atoms with van der Waals surface area (Å²) in [6.07, 6.45) is 3.74. The van der Waals surface area contributed by atoms with Crippen LogP contribution >= 0.6 is 0 Å². The zero-order valence-electron chi connectivity index (χ0n) is 8.54. The van der Waals surface area contributed by atoms with Crippen LogP contribution in [-0.2, 0) is 6.54 Å². The summed E-state index contributed by atoms with van der Waals surface area (Å²) in [5, 5.41) is 3.34. The monoisotopic (exact) mass is 179 g/mol. The second-order valence-electron chi connectivity index (χ2n) is 3.66. The van der Waals surface area contributed by atoms with Gasteiger partial charge >= 0.3 is 0 Å². The van der Waals surface area contributed by atoms with Gasteiger partial charge in [-0.3, -0.25) is 0 Å². The molecule has 1 N–H and O–H groups in total. The summed E-state index contributed by atoms with van der Waals surface area (Å²) in [6.45, 7) is 8.18. The average Bonchev–Trinajstić information content (AvgIpc) is 2.08. The molecule has 3 nitrogen and oxygen atoms in total. The van der Waals surface area contributed by atoms with Crippen LogP contribution < -0.4 is 5.32 Å². The van der Waals surface area contributed by atoms with E-state index in [4.69, 9.17) is 0 Å². The van der Waals surface area contributed by atoms with Gasteiger partial charge in [0.25, 0.3) is 0 Å². The minimum atomic E-state index is 0.686. The molecule has 0 aliphatic carbocycles. The van der Waals surface area contributed by atoms with E-state index in [-0.39, 0.29) is 0 Å². The Hall–Kier alpha value is -0.960. The fraction of sp³-hybridized carbons (Fsp3) is 0.600. The third kappa shape index (κ3) is 3.99. The minimum absolute atomic E-state index is 0.686. The van der Waals surface area contributed by atoms with Gasteiger partial charge in [0.1, 0.15) is 5.82 Å². The van der Waals surface area contributed by atoms with E-state index in [1.165, 1.54) is 0 Å². The van der Waals surface area contributed by atoms with E-state index < -0.39 is 0 Å². The molecule has 1 rings (SSSR count). The van der Waals surface area contributed by atoms with Crippen molar-refractivity contribution >= 4 is 0 Å². The predicted octanol–water partition coefficient (Wildman–Crippen LogP) is 1.53. The molecule has 0 saturated carbocycles. The first kappa shape index (κ1) is 10.1. The molecule has 0 aliphatic heterocycles. The lowest BCUT2D eigenvalue weighted by Crippen LogP contribution is -2.19. The molecule has 3 heteroatoms. The first-order valence-corrected chi connectivity index (χ1v) is 4.66. The smallest absolute Gasteiger partial charge is 0.125 e. The van der Waals surface area contributed by atoms with Crippen LogP contribution in [-0.4, -0.2) is 16.5 Å². The highest BCUT2D eigenvalue weighted by atomic mass is 14.9. The Kier molecular flexibility index (Phi) is 3.83. The van der Waals surface area contributed by atoms with Gasteiger partial charge in [0.15, 0.2) is 0 Å². The maximum Gasteiger partial charge on any atom is 0.125 e. The molecule has 0 saturated heterocycles. The van der Waals surface area contributed by atoms with Crippen LogP contribution in [0.5, 0.6) is 0 Å². The van der Waals surface area contributed by atoms with Crippen molar-refractivity contribution < 1.29 is 0 Å². The van der Waals surface area contributed by atoms with E-state index in [2.05, 4.69) is 29.1 Å². The van der Waals surface area contributed by atoms with Crippen LogP contribution in [0.3, 0.4) is 0 Å². The van der Waals surface area contributed by atoms with Crippen molar-refractivity contribution in [3.8, 4) is 0 Å². The Balaban J connectivity index is 2.33. The molecule has 0 spiro atoms. The SMILES string of the molecule is Cc1ncc(CNCC(C)C)cn1. The van der Waals surface area contributed by atoms with Gasteiger partial charge in [0.2, 0.25) is 0 Å². The van der Waals surface area contributed by atoms with Gasteiger partial charge in [-0.2, -0.15) is 0 Å². The zero-order valence-corrected chi connectivity index (χ0v) is 8.54. The molecule has 0 aliphatic rings. The summed E-state index contributed by atoms with van der Waals surface area (Å²) in [6, 6.07) is 0. The van der Waals surface area contributed by atoms with Crippen LogP contribution in [0.15, 0.2) is 12.4 Å². The maximum absolute atomic E-state index is 4.13. The molecular weight excluding hydrogens is 162 g/mol. The third-order valence-electron chi connectivity index (χ3n) is 1.72. The van der Waals surface area contributed by atoms with E-state index >= 15 is 0 Å². The lowest BCUT2D eigenvalue weighted by Gasteiger charge is -2.06. The lowest BCUT2D eigenvalue weighted by molar-refractivity contribution is 0.551. The summed E-state index contributed by atoms with van der Waals surface area (Å²) in [5.74, 6) is 1.51. The molecule has 0 atom stereocenters. The van der Waals surface area contributed by atoms with E-state index in [1.807, 2.05) is 19.3 Å². The number of aryl methyl sites for hydroxylation is 1. The Bertz CT molecular complexity index is 241. The van der Waals surface area contributed by atoms with E-state index in [1.54, 1.807) is 0 Å². The Morgan fingerprint density at radius 2 is 1.92 bits per heavy atom. The molecule has 0 bridgehead atoms. The van der Waals surface area contributed by atoms with Crippen molar-refractivity contribution in [2.45, 2.75) is 27.3 Å². The number of nitrogens with zero attached hydrogens (tertiary/aromatic N) is 2. The van der Waals surface area contributed by atoms with Crippen molar-refractivity contribution in [3.05, 3.63) is 23.8 Å². The molecule has 0 fully saturated rings. The maximum atomic E-state index is 4.13. The second kappa shape index (κ2) is 4.92. The first-order chi connectivity index (χ1) is 6.18. The molecule has 0 radical (unpaired) electrons. The highest BCUT2D eigenvalue weighted by Gasteiger charge is 1.95. The zero-order chi connectivity index (χ0) is 9.68. The molecule has 0 amide bonds. The summed E-state index contributed by atoms with van der Waals surface area (Å²) >= 11 is 0. The molecule has 72 valence electrons. The Labute approximate surface area is 79.6 Å². The number of rotatable bonds is 4. The van der Waals surface area contributed by atoms with Crippen LogP contribution in [0.1, 0.15) is 25.2 Å². The fourth-order valence-electron chi connectivity index (χ4n) is 1.02. The van der Waals surface area contributed by atoms with Gasteiger partial charge in [0.05, 0.1) is 0 Å². The molecule has 13 heavy (non-hydrogen) atoms. The average molecular weight is 179 g/mol. The van der Waals surface area contributed by atoms with Crippen LogP contribution in [0.4, 0.5) is 0 Å². The standard InChI is InChI=1S/C10H17N3/c1-8(2)4-11-5-10-6-12-9(3)13-7-10/h6-8,11H,4-5H2,1-3H3. The molecule has 0 aromatic carbocycles. The number of hydrogen-bond donors (Lipinski definition) is 1. The summed E-state index contributed by atoms with van der Waals surface area (Å²) in [5.41, 5.74) is 1.14. The molecule has 1 aromatic heterocycles. The van der Waals surface area contributed by atoms with Gasteiger partial charge in [-0.05, 0) is 19.4 Å². The van der Waals surface area contributed by atoms with E-state index in [0.29, 0.717) is 5.92 Å². The summed E-state index contributed by atoms with van der Waals surface area (Å²) in [4.78, 5) is 8.25. The quantitative estimate of drug-likeness (QED) is 0.761. The molecular formula is C10H17N3. The van der Waals surface area contributed by atoms with Crippen LogP contribution in [0.25, 0.3) is 0 Å². The predicted molar refractivity (Wildman–Crippen MR) is 53.3 cm³/mol. The van der Waals surface area contributed by atoms with E-state index in [9.17, 15) is 0 Å². The van der Waals surface area contributed by atoms with Crippen LogP contribution in [0, 0.1) is 12.8 Å². The topological polar surface area (TPSA) is 37.8 Å². The van der Waals surface area contributed by atoms with Crippen molar-refractivity contribution in [3.63, 3.8) is 0 Å². The second-order valence-corrected chi connectivity index (χ2v) is 3.66. The van der Waals surface area contributed by atoms with Crippen molar-refractivity contribution in [2.24, 2.45) is 5.92 Å². The lowest BCUT2D eigenvalue weighted by atomic mass is 10.2. The minimum Gasteiger partial charge on any atom is -0.312 e. The Morgan fingerprint density at radius 1 is 1.31 bits per heavy atom. The van der Waals surface area contributed by atoms with Gasteiger partial charge in [0, 0.05) is 24.5 Å². The fourth-order valence-corrected chi connectivity index (χ4v) is 1.02. The van der Waals surface area contributed by atoms with E-state index in [0.717, 1.165) is 24.5 Å². The number of hydrogen-bond acceptors (Lipinski definition) is 3. The highest BCUT2D eigenvalue weighted by molar-refractivity contribution is 5.03. The largest absolute Gasteiger partial charge is 0.312 e. The number of nitrogens with one attached hydrogen (secondary N) is 1. The van der Waals surface area contributed by atoms with Gasteiger partial charge in [-0.25, -0.2) is 9.97 Å².